The maximum absolute atomic E-state index is 12.4. The van der Waals surface area contributed by atoms with Crippen LogP contribution in [-0.4, -0.2) is 47.4 Å². The molecular formula is C59H109NO5. The number of allylic oxidation sites excluding steroid dienone is 7. The first-order chi connectivity index (χ1) is 32.0. The highest BCUT2D eigenvalue weighted by molar-refractivity contribution is 5.76. The first-order valence-corrected chi connectivity index (χ1v) is 28.4. The molecule has 0 aliphatic rings. The van der Waals surface area contributed by atoms with Gasteiger partial charge in [-0.25, -0.2) is 0 Å². The van der Waals surface area contributed by atoms with Crippen molar-refractivity contribution in [1.29, 1.82) is 0 Å². The number of rotatable bonds is 52. The van der Waals surface area contributed by atoms with Crippen molar-refractivity contribution in [3.63, 3.8) is 0 Å². The van der Waals surface area contributed by atoms with Crippen LogP contribution in [0.4, 0.5) is 0 Å². The van der Waals surface area contributed by atoms with Crippen LogP contribution in [0.1, 0.15) is 290 Å². The number of aliphatic hydroxyl groups is 2. The Kier molecular flexibility index (Phi) is 52.6. The lowest BCUT2D eigenvalue weighted by atomic mass is 10.0. The van der Waals surface area contributed by atoms with Gasteiger partial charge in [0.2, 0.25) is 5.91 Å². The first kappa shape index (κ1) is 62.8. The zero-order valence-corrected chi connectivity index (χ0v) is 43.2. The fraction of sp³-hybridized carbons (Fsp3) is 0.831. The molecule has 6 nitrogen and oxygen atoms in total. The van der Waals surface area contributed by atoms with Crippen LogP contribution in [0.3, 0.4) is 0 Å². The van der Waals surface area contributed by atoms with Gasteiger partial charge in [-0.15, -0.1) is 0 Å². The molecule has 6 heteroatoms. The quantitative estimate of drug-likeness (QED) is 0.0321. The summed E-state index contributed by atoms with van der Waals surface area (Å²) < 4.78 is 5.45. The number of carbonyl (C=O) groups is 2. The van der Waals surface area contributed by atoms with E-state index in [1.807, 2.05) is 6.08 Å². The van der Waals surface area contributed by atoms with Crippen LogP contribution >= 0.6 is 0 Å². The Morgan fingerprint density at radius 3 is 1.25 bits per heavy atom. The normalized spacial score (nSPS) is 13.0. The lowest BCUT2D eigenvalue weighted by molar-refractivity contribution is -0.143. The van der Waals surface area contributed by atoms with Crippen LogP contribution in [0.2, 0.25) is 0 Å². The van der Waals surface area contributed by atoms with E-state index in [0.717, 1.165) is 77.0 Å². The molecule has 1 amide bonds. The molecule has 0 saturated carbocycles. The summed E-state index contributed by atoms with van der Waals surface area (Å²) in [6, 6.07) is -0.668. The number of esters is 1. The Balaban J connectivity index is 3.56. The molecule has 0 rings (SSSR count). The molecule has 0 heterocycles. The molecule has 0 aromatic carbocycles. The number of aliphatic hydroxyl groups excluding tert-OH is 2. The number of unbranched alkanes of at least 4 members (excludes halogenated alkanes) is 35. The zero-order chi connectivity index (χ0) is 47.2. The van der Waals surface area contributed by atoms with Crippen LogP contribution < -0.4 is 5.32 Å². The smallest absolute Gasteiger partial charge is 0.305 e. The maximum atomic E-state index is 12.4. The van der Waals surface area contributed by atoms with E-state index in [9.17, 15) is 19.8 Å². The second kappa shape index (κ2) is 54.4. The molecule has 2 atom stereocenters. The van der Waals surface area contributed by atoms with Crippen molar-refractivity contribution in [3.8, 4) is 0 Å². The van der Waals surface area contributed by atoms with Crippen LogP contribution in [-0.2, 0) is 14.3 Å². The lowest BCUT2D eigenvalue weighted by Crippen LogP contribution is -2.45. The highest BCUT2D eigenvalue weighted by atomic mass is 16.5. The highest BCUT2D eigenvalue weighted by Crippen LogP contribution is 2.16. The second-order valence-corrected chi connectivity index (χ2v) is 19.3. The van der Waals surface area contributed by atoms with Crippen LogP contribution in [0.15, 0.2) is 48.6 Å². The van der Waals surface area contributed by atoms with Gasteiger partial charge in [0.1, 0.15) is 0 Å². The zero-order valence-electron chi connectivity index (χ0n) is 43.2. The molecule has 3 N–H and O–H groups in total. The van der Waals surface area contributed by atoms with E-state index >= 15 is 0 Å². The van der Waals surface area contributed by atoms with Crippen molar-refractivity contribution < 1.29 is 24.5 Å². The van der Waals surface area contributed by atoms with Crippen molar-refractivity contribution in [2.75, 3.05) is 13.2 Å². The molecular weight excluding hydrogens is 803 g/mol. The van der Waals surface area contributed by atoms with Gasteiger partial charge in [-0.2, -0.15) is 0 Å². The Hall–Kier alpha value is -2.18. The van der Waals surface area contributed by atoms with Crippen molar-refractivity contribution in [2.24, 2.45) is 0 Å². The van der Waals surface area contributed by atoms with Crippen molar-refractivity contribution in [2.45, 2.75) is 302 Å². The third-order valence-electron chi connectivity index (χ3n) is 12.8. The number of nitrogens with one attached hydrogen (secondary N) is 1. The van der Waals surface area contributed by atoms with Crippen LogP contribution in [0.25, 0.3) is 0 Å². The SMILES string of the molecule is CCCCC/C=C\C/C=C\CCCCCCCCCCCC(=O)OCCCCCC/C=C\CCCC(=O)NC(CO)C(O)/C=C/CCCCCCCCCCCCCCCCCCCC. The van der Waals surface area contributed by atoms with Crippen molar-refractivity contribution in [1.82, 2.24) is 5.32 Å². The molecule has 65 heavy (non-hydrogen) atoms. The molecule has 0 aliphatic heterocycles. The van der Waals surface area contributed by atoms with Crippen LogP contribution in [0.5, 0.6) is 0 Å². The van der Waals surface area contributed by atoms with E-state index in [1.165, 1.54) is 186 Å². The third-order valence-corrected chi connectivity index (χ3v) is 12.8. The summed E-state index contributed by atoms with van der Waals surface area (Å²) in [6.45, 7) is 4.79. The number of hydrogen-bond acceptors (Lipinski definition) is 5. The van der Waals surface area contributed by atoms with Gasteiger partial charge in [0.05, 0.1) is 25.4 Å². The van der Waals surface area contributed by atoms with Gasteiger partial charge in [0.15, 0.2) is 0 Å². The molecule has 0 radical (unpaired) electrons. The number of hydrogen-bond donors (Lipinski definition) is 3. The predicted octanol–water partition coefficient (Wildman–Crippen LogP) is 17.4. The molecule has 0 fully saturated rings. The molecule has 380 valence electrons. The number of ether oxygens (including phenoxy) is 1. The van der Waals surface area contributed by atoms with Gasteiger partial charge < -0.3 is 20.3 Å². The highest BCUT2D eigenvalue weighted by Gasteiger charge is 2.18. The van der Waals surface area contributed by atoms with Gasteiger partial charge in [0.25, 0.3) is 0 Å². The van der Waals surface area contributed by atoms with Gasteiger partial charge in [0, 0.05) is 12.8 Å². The van der Waals surface area contributed by atoms with E-state index in [1.54, 1.807) is 6.08 Å². The summed E-state index contributed by atoms with van der Waals surface area (Å²) in [5, 5.41) is 23.1. The summed E-state index contributed by atoms with van der Waals surface area (Å²) in [5.41, 5.74) is 0. The molecule has 0 aromatic heterocycles. The Bertz CT molecular complexity index is 1100. The topological polar surface area (TPSA) is 95.9 Å². The monoisotopic (exact) mass is 912 g/mol. The van der Waals surface area contributed by atoms with Gasteiger partial charge >= 0.3 is 5.97 Å². The molecule has 2 unspecified atom stereocenters. The summed E-state index contributed by atoms with van der Waals surface area (Å²) in [7, 11) is 0. The second-order valence-electron chi connectivity index (χ2n) is 19.3. The van der Waals surface area contributed by atoms with Gasteiger partial charge in [-0.05, 0) is 83.5 Å². The number of amides is 1. The fourth-order valence-corrected chi connectivity index (χ4v) is 8.43. The Morgan fingerprint density at radius 1 is 0.431 bits per heavy atom. The molecule has 0 bridgehead atoms. The number of carbonyl (C=O) groups excluding carboxylic acids is 2. The van der Waals surface area contributed by atoms with E-state index in [0.29, 0.717) is 19.4 Å². The minimum atomic E-state index is -0.877. The molecule has 0 spiro atoms. The van der Waals surface area contributed by atoms with Crippen LogP contribution in [0, 0.1) is 0 Å². The minimum Gasteiger partial charge on any atom is -0.466 e. The average Bonchev–Trinajstić information content (AvgIpc) is 3.31. The largest absolute Gasteiger partial charge is 0.466 e. The van der Waals surface area contributed by atoms with Gasteiger partial charge in [-0.1, -0.05) is 242 Å². The van der Waals surface area contributed by atoms with E-state index < -0.39 is 12.1 Å². The third kappa shape index (κ3) is 51.1. The summed E-state index contributed by atoms with van der Waals surface area (Å²) in [4.78, 5) is 24.5. The Morgan fingerprint density at radius 2 is 0.785 bits per heavy atom. The van der Waals surface area contributed by atoms with Crippen molar-refractivity contribution >= 4 is 11.9 Å². The maximum Gasteiger partial charge on any atom is 0.305 e. The first-order valence-electron chi connectivity index (χ1n) is 28.4. The predicted molar refractivity (Wildman–Crippen MR) is 282 cm³/mol. The average molecular weight is 913 g/mol. The lowest BCUT2D eigenvalue weighted by Gasteiger charge is -2.19. The fourth-order valence-electron chi connectivity index (χ4n) is 8.43. The summed E-state index contributed by atoms with van der Waals surface area (Å²) >= 11 is 0. The van der Waals surface area contributed by atoms with E-state index in [-0.39, 0.29) is 18.5 Å². The molecule has 0 aliphatic carbocycles. The van der Waals surface area contributed by atoms with Crippen molar-refractivity contribution in [3.05, 3.63) is 48.6 Å². The summed E-state index contributed by atoms with van der Waals surface area (Å²) in [6.07, 6.45) is 68.5. The minimum absolute atomic E-state index is 0.0419. The molecule has 0 saturated heterocycles. The van der Waals surface area contributed by atoms with E-state index in [2.05, 4.69) is 55.6 Å². The summed E-state index contributed by atoms with van der Waals surface area (Å²) in [5.74, 6) is -0.170. The molecule has 0 aromatic rings. The standard InChI is InChI=1S/C59H109NO5/c1-3-5-7-9-11-13-15-17-19-21-23-25-26-28-30-32-35-39-43-47-51-57(62)56(55-61)60-58(63)52-48-44-40-36-34-38-42-46-50-54-65-59(64)53-49-45-41-37-33-31-29-27-24-22-20-18-16-14-12-10-8-6-4-2/h12,14,18,20,36,40,47,51,56-57,61-62H,3-11,13,15-17,19,21-35,37-39,41-46,48-50,52-55H2,1-2H3,(H,60,63)/b14-12-,20-18-,40-36-,51-47+. The van der Waals surface area contributed by atoms with Gasteiger partial charge in [-0.3, -0.25) is 9.59 Å². The van der Waals surface area contributed by atoms with E-state index in [4.69, 9.17) is 4.74 Å². The Labute approximate surface area is 404 Å².